The van der Waals surface area contributed by atoms with Gasteiger partial charge in [0.25, 0.3) is 0 Å². The maximum Gasteiger partial charge on any atom is 0.423 e. The van der Waals surface area contributed by atoms with Gasteiger partial charge in [0.2, 0.25) is 11.8 Å². The van der Waals surface area contributed by atoms with E-state index in [1.807, 2.05) is 49.6 Å². The Morgan fingerprint density at radius 2 is 1.73 bits per heavy atom. The highest BCUT2D eigenvalue weighted by Crippen LogP contribution is 2.46. The number of nitrogens with one attached hydrogen (secondary N) is 1. The third-order valence-electron chi connectivity index (χ3n) is 9.28. The molecule has 0 saturated carbocycles. The Hall–Kier alpha value is -3.90. The molecule has 0 amide bonds. The zero-order valence-electron chi connectivity index (χ0n) is 30.2. The van der Waals surface area contributed by atoms with Crippen LogP contribution in [-0.2, 0) is 23.8 Å². The average Bonchev–Trinajstić information content (AvgIpc) is 3.07. The molecule has 4 bridgehead atoms. The first-order chi connectivity index (χ1) is 24.2. The number of hydrogen-bond acceptors (Lipinski definition) is 9. The summed E-state index contributed by atoms with van der Waals surface area (Å²) in [5, 5.41) is 0. The molecule has 1 N–H and O–H groups in total. The summed E-state index contributed by atoms with van der Waals surface area (Å²) in [7, 11) is 0. The molecule has 6 rings (SSSR count). The number of rotatable bonds is 7. The van der Waals surface area contributed by atoms with Crippen molar-refractivity contribution in [2.45, 2.75) is 77.8 Å². The highest BCUT2D eigenvalue weighted by atomic mass is 32.2. The van der Waals surface area contributed by atoms with E-state index in [1.165, 1.54) is 11.9 Å². The third-order valence-corrected chi connectivity index (χ3v) is 10.1. The van der Waals surface area contributed by atoms with Crippen LogP contribution in [0.1, 0.15) is 75.0 Å². The fourth-order valence-electron chi connectivity index (χ4n) is 7.10. The molecule has 2 aliphatic heterocycles. The van der Waals surface area contributed by atoms with Gasteiger partial charge in [-0.1, -0.05) is 65.0 Å². The number of nitrogens with zero attached hydrogens (tertiary/aromatic N) is 5. The van der Waals surface area contributed by atoms with E-state index in [4.69, 9.17) is 19.4 Å². The molecule has 2 aliphatic rings. The molecule has 8 nitrogen and oxygen atoms in total. The van der Waals surface area contributed by atoms with Gasteiger partial charge in [0.05, 0.1) is 43.6 Å². The number of halogens is 3. The molecular weight excluding hydrogens is 674 g/mol. The number of hydrogen-bond donors (Lipinski definition) is 1. The van der Waals surface area contributed by atoms with Crippen molar-refractivity contribution < 1.29 is 22.6 Å². The van der Waals surface area contributed by atoms with Crippen LogP contribution in [0.4, 0.5) is 24.8 Å². The molecule has 4 heterocycles. The molecule has 1 fully saturated rings. The molecule has 2 atom stereocenters. The van der Waals surface area contributed by atoms with Crippen LogP contribution in [0.2, 0.25) is 0 Å². The summed E-state index contributed by atoms with van der Waals surface area (Å²) >= 11 is 1.26. The van der Waals surface area contributed by atoms with Crippen LogP contribution >= 0.6 is 11.9 Å². The molecule has 12 heteroatoms. The number of benzene rings is 2. The number of alkyl halides is 3. The van der Waals surface area contributed by atoms with E-state index >= 15 is 13.2 Å². The molecule has 2 aromatic heterocycles. The van der Waals surface area contributed by atoms with Crippen LogP contribution in [0.3, 0.4) is 0 Å². The topological polar surface area (TPSA) is 85.3 Å². The largest absolute Gasteiger partial charge is 0.477 e. The van der Waals surface area contributed by atoms with Crippen molar-refractivity contribution >= 4 is 23.6 Å². The number of fused-ring (bicyclic) bond motifs is 4. The molecule has 4 aromatic rings. The fraction of sp³-hybridized carbons (Fsp3) is 0.487. The SMILES string of the molecule is Cc1cccc(CC(C)C)c1-c1nc2nc(c1C(F)(F)F)OCC(CC(C)(C)C)C(Cc1ncc(N3CCOCC3)cn1)c1cccc(c1)SN2. The van der Waals surface area contributed by atoms with Gasteiger partial charge in [-0.3, -0.25) is 4.72 Å². The normalized spacial score (nSPS) is 18.4. The summed E-state index contributed by atoms with van der Waals surface area (Å²) in [5.74, 6) is 0.132. The van der Waals surface area contributed by atoms with Crippen molar-refractivity contribution in [3.8, 4) is 17.1 Å². The van der Waals surface area contributed by atoms with E-state index < -0.39 is 17.6 Å². The highest BCUT2D eigenvalue weighted by molar-refractivity contribution is 8.00. The van der Waals surface area contributed by atoms with Crippen LogP contribution in [0.15, 0.2) is 59.8 Å². The molecule has 51 heavy (non-hydrogen) atoms. The third kappa shape index (κ3) is 9.13. The first kappa shape index (κ1) is 36.9. The molecule has 0 radical (unpaired) electrons. The Kier molecular flexibility index (Phi) is 11.1. The zero-order chi connectivity index (χ0) is 36.3. The van der Waals surface area contributed by atoms with E-state index in [0.717, 1.165) is 34.8 Å². The lowest BCUT2D eigenvalue weighted by molar-refractivity contribution is -0.139. The lowest BCUT2D eigenvalue weighted by Gasteiger charge is -2.33. The maximum absolute atomic E-state index is 15.3. The zero-order valence-corrected chi connectivity index (χ0v) is 31.0. The maximum atomic E-state index is 15.3. The molecule has 2 unspecified atom stereocenters. The van der Waals surface area contributed by atoms with Gasteiger partial charge in [0.1, 0.15) is 11.4 Å². The number of aromatic nitrogens is 4. The molecule has 0 spiro atoms. The second kappa shape index (κ2) is 15.4. The molecule has 0 aliphatic carbocycles. The van der Waals surface area contributed by atoms with Gasteiger partial charge in [-0.05, 0) is 77.8 Å². The van der Waals surface area contributed by atoms with Crippen molar-refractivity contribution in [3.05, 3.63) is 82.9 Å². The summed E-state index contributed by atoms with van der Waals surface area (Å²) in [5.41, 5.74) is 2.68. The average molecular weight is 721 g/mol. The Balaban J connectivity index is 1.45. The predicted molar refractivity (Wildman–Crippen MR) is 196 cm³/mol. The van der Waals surface area contributed by atoms with Crippen molar-refractivity contribution in [3.63, 3.8) is 0 Å². The Morgan fingerprint density at radius 3 is 2.41 bits per heavy atom. The van der Waals surface area contributed by atoms with Crippen LogP contribution in [0.5, 0.6) is 5.88 Å². The Morgan fingerprint density at radius 1 is 1.00 bits per heavy atom. The van der Waals surface area contributed by atoms with E-state index in [0.29, 0.717) is 49.4 Å². The first-order valence-electron chi connectivity index (χ1n) is 17.6. The van der Waals surface area contributed by atoms with E-state index in [2.05, 4.69) is 66.3 Å². The number of ether oxygens (including phenoxy) is 2. The van der Waals surface area contributed by atoms with Gasteiger partial charge in [0.15, 0.2) is 0 Å². The summed E-state index contributed by atoms with van der Waals surface area (Å²) in [4.78, 5) is 21.6. The van der Waals surface area contributed by atoms with Crippen LogP contribution < -0.4 is 14.4 Å². The smallest absolute Gasteiger partial charge is 0.423 e. The lowest BCUT2D eigenvalue weighted by atomic mass is 9.75. The first-order valence-corrected chi connectivity index (χ1v) is 18.4. The summed E-state index contributed by atoms with van der Waals surface area (Å²) in [6.45, 7) is 15.3. The van der Waals surface area contributed by atoms with Gasteiger partial charge < -0.3 is 14.4 Å². The van der Waals surface area contributed by atoms with Crippen molar-refractivity contribution in [1.29, 1.82) is 0 Å². The predicted octanol–water partition coefficient (Wildman–Crippen LogP) is 9.19. The Bertz CT molecular complexity index is 1810. The van der Waals surface area contributed by atoms with Gasteiger partial charge in [-0.25, -0.2) is 15.0 Å². The van der Waals surface area contributed by atoms with Crippen LogP contribution in [-0.4, -0.2) is 52.8 Å². The minimum absolute atomic E-state index is 0.0107. The van der Waals surface area contributed by atoms with Gasteiger partial charge in [-0.15, -0.1) is 0 Å². The van der Waals surface area contributed by atoms with Gasteiger partial charge >= 0.3 is 6.18 Å². The standard InChI is InChI=1S/C39H47F3N6O2S/c1-24(2)17-27-11-7-9-25(3)33(27)35-34(39(40,41)42)36-46-37(45-35)47-51-30-12-8-10-26(18-30)31(28(23-50-36)20-38(4,5)6)19-32-43-21-29(22-44-32)48-13-15-49-16-14-48/h7-12,18,21-22,24,28,31H,13-17,19-20,23H2,1-6H3,(H,45,46,47). The molecule has 1 saturated heterocycles. The highest BCUT2D eigenvalue weighted by Gasteiger charge is 2.42. The lowest BCUT2D eigenvalue weighted by Crippen LogP contribution is -2.36. The van der Waals surface area contributed by atoms with Crippen molar-refractivity contribution in [2.75, 3.05) is 42.5 Å². The monoisotopic (exact) mass is 720 g/mol. The van der Waals surface area contributed by atoms with Crippen molar-refractivity contribution in [2.24, 2.45) is 17.3 Å². The number of morpholine rings is 1. The number of aryl methyl sites for hydroxylation is 1. The van der Waals surface area contributed by atoms with Crippen LogP contribution in [0, 0.1) is 24.2 Å². The van der Waals surface area contributed by atoms with E-state index in [-0.39, 0.29) is 41.4 Å². The van der Waals surface area contributed by atoms with Crippen molar-refractivity contribution in [1.82, 2.24) is 19.9 Å². The summed E-state index contributed by atoms with van der Waals surface area (Å²) in [6.07, 6.45) is 0.707. The van der Waals surface area contributed by atoms with E-state index in [1.54, 1.807) is 0 Å². The molecule has 272 valence electrons. The molecule has 2 aromatic carbocycles. The van der Waals surface area contributed by atoms with Gasteiger partial charge in [-0.2, -0.15) is 18.2 Å². The Labute approximate surface area is 303 Å². The quantitative estimate of drug-likeness (QED) is 0.188. The van der Waals surface area contributed by atoms with Gasteiger partial charge in [0, 0.05) is 35.9 Å². The minimum atomic E-state index is -4.77. The second-order valence-electron chi connectivity index (χ2n) is 15.2. The summed E-state index contributed by atoms with van der Waals surface area (Å²) < 4.78 is 60.8. The number of anilines is 2. The minimum Gasteiger partial charge on any atom is -0.477 e. The van der Waals surface area contributed by atoms with E-state index in [9.17, 15) is 0 Å². The second-order valence-corrected chi connectivity index (χ2v) is 16.0. The molecular formula is C39H47F3N6O2S. The van der Waals surface area contributed by atoms with Crippen LogP contribution in [0.25, 0.3) is 11.3 Å². The fourth-order valence-corrected chi connectivity index (χ4v) is 7.74. The summed E-state index contributed by atoms with van der Waals surface area (Å²) in [6, 6.07) is 13.8.